The molecule has 1 aliphatic heterocycles. The van der Waals surface area contributed by atoms with E-state index in [1.165, 1.54) is 11.3 Å². The normalized spacial score (nSPS) is 16.7. The summed E-state index contributed by atoms with van der Waals surface area (Å²) in [5.74, 6) is 0. The molecule has 3 rings (SSSR count). The topological polar surface area (TPSA) is 96.4 Å². The number of aliphatic hydroxyl groups is 1. The number of carbonyl (C=O) groups is 1. The number of hydrogen-bond donors (Lipinski definition) is 3. The van der Waals surface area contributed by atoms with Crippen LogP contribution in [0.3, 0.4) is 0 Å². The summed E-state index contributed by atoms with van der Waals surface area (Å²) in [6, 6.07) is 9.24. The number of carbonyl (C=O) groups excluding carboxylic acids is 1. The van der Waals surface area contributed by atoms with E-state index in [2.05, 4.69) is 20.8 Å². The molecule has 0 aliphatic carbocycles. The van der Waals surface area contributed by atoms with Crippen LogP contribution in [0.4, 0.5) is 9.93 Å². The van der Waals surface area contributed by atoms with E-state index < -0.39 is 11.6 Å². The second-order valence-electron chi connectivity index (χ2n) is 5.42. The predicted octanol–water partition coefficient (Wildman–Crippen LogP) is 1.87. The third-order valence-corrected chi connectivity index (χ3v) is 4.56. The van der Waals surface area contributed by atoms with E-state index in [0.29, 0.717) is 31.2 Å². The highest BCUT2D eigenvalue weighted by atomic mass is 32.1. The van der Waals surface area contributed by atoms with E-state index in [-0.39, 0.29) is 6.54 Å². The monoisotopic (exact) mass is 334 g/mol. The van der Waals surface area contributed by atoms with E-state index >= 15 is 0 Å². The minimum atomic E-state index is -0.897. The summed E-state index contributed by atoms with van der Waals surface area (Å²) < 4.78 is 5.21. The summed E-state index contributed by atoms with van der Waals surface area (Å²) in [6.45, 7) is 1.21. The standard InChI is InChI=1S/C15H18N4O3S/c20-13(16-10-15(21)6-8-22-9-7-15)17-14-19-18-12(23-14)11-4-2-1-3-5-11/h1-5,21H,6-10H2,(H2,16,17,19,20). The van der Waals surface area contributed by atoms with Gasteiger partial charge in [-0.2, -0.15) is 0 Å². The largest absolute Gasteiger partial charge is 0.388 e. The van der Waals surface area contributed by atoms with Gasteiger partial charge in [-0.25, -0.2) is 4.79 Å². The average molecular weight is 334 g/mol. The first-order valence-electron chi connectivity index (χ1n) is 7.39. The van der Waals surface area contributed by atoms with Crippen molar-refractivity contribution in [3.63, 3.8) is 0 Å². The van der Waals surface area contributed by atoms with Gasteiger partial charge in [0, 0.05) is 38.2 Å². The van der Waals surface area contributed by atoms with Crippen molar-refractivity contribution < 1.29 is 14.6 Å². The van der Waals surface area contributed by atoms with Crippen LogP contribution in [0.2, 0.25) is 0 Å². The lowest BCUT2D eigenvalue weighted by Gasteiger charge is -2.31. The van der Waals surface area contributed by atoms with E-state index in [9.17, 15) is 9.90 Å². The van der Waals surface area contributed by atoms with Crippen LogP contribution in [0.1, 0.15) is 12.8 Å². The molecule has 7 nitrogen and oxygen atoms in total. The zero-order chi connectivity index (χ0) is 16.1. The van der Waals surface area contributed by atoms with Gasteiger partial charge in [-0.05, 0) is 0 Å². The van der Waals surface area contributed by atoms with Crippen LogP contribution in [-0.4, -0.2) is 46.7 Å². The molecular formula is C15H18N4O3S. The van der Waals surface area contributed by atoms with Crippen LogP contribution >= 0.6 is 11.3 Å². The molecule has 2 aromatic rings. The lowest BCUT2D eigenvalue weighted by molar-refractivity contribution is -0.0598. The lowest BCUT2D eigenvalue weighted by atomic mass is 9.94. The Morgan fingerprint density at radius 2 is 2.00 bits per heavy atom. The van der Waals surface area contributed by atoms with Crippen molar-refractivity contribution in [3.8, 4) is 10.6 Å². The van der Waals surface area contributed by atoms with Gasteiger partial charge in [0.25, 0.3) is 0 Å². The zero-order valence-electron chi connectivity index (χ0n) is 12.5. The Kier molecular flexibility index (Phi) is 4.85. The molecule has 0 radical (unpaired) electrons. The summed E-state index contributed by atoms with van der Waals surface area (Å²) in [6.07, 6.45) is 1.04. The molecule has 23 heavy (non-hydrogen) atoms. The average Bonchev–Trinajstić information content (AvgIpc) is 3.03. The Hall–Kier alpha value is -2.03. The SMILES string of the molecule is O=C(NCC1(O)CCOCC1)Nc1nnc(-c2ccccc2)s1. The molecule has 0 spiro atoms. The van der Waals surface area contributed by atoms with E-state index in [0.717, 1.165) is 10.6 Å². The molecule has 3 N–H and O–H groups in total. The van der Waals surface area contributed by atoms with Gasteiger partial charge in [0.1, 0.15) is 5.01 Å². The van der Waals surface area contributed by atoms with Crippen LogP contribution in [0, 0.1) is 0 Å². The second kappa shape index (κ2) is 7.03. The van der Waals surface area contributed by atoms with Crippen molar-refractivity contribution in [3.05, 3.63) is 30.3 Å². The number of ether oxygens (including phenoxy) is 1. The quantitative estimate of drug-likeness (QED) is 0.793. The van der Waals surface area contributed by atoms with E-state index in [1.807, 2.05) is 30.3 Å². The molecule has 1 saturated heterocycles. The van der Waals surface area contributed by atoms with E-state index in [1.54, 1.807) is 0 Å². The summed E-state index contributed by atoms with van der Waals surface area (Å²) in [5, 5.41) is 24.8. The molecular weight excluding hydrogens is 316 g/mol. The maximum atomic E-state index is 11.9. The fraction of sp³-hybridized carbons (Fsp3) is 0.400. The highest BCUT2D eigenvalue weighted by Crippen LogP contribution is 2.25. The Bertz CT molecular complexity index is 656. The van der Waals surface area contributed by atoms with Gasteiger partial charge >= 0.3 is 6.03 Å². The second-order valence-corrected chi connectivity index (χ2v) is 6.40. The van der Waals surface area contributed by atoms with Gasteiger partial charge < -0.3 is 15.2 Å². The first kappa shape index (κ1) is 15.9. The van der Waals surface area contributed by atoms with Crippen molar-refractivity contribution in [1.82, 2.24) is 15.5 Å². The summed E-state index contributed by atoms with van der Waals surface area (Å²) in [5.41, 5.74) is 0.0568. The highest BCUT2D eigenvalue weighted by Gasteiger charge is 2.30. The summed E-state index contributed by atoms with van der Waals surface area (Å²) in [4.78, 5) is 11.9. The number of amides is 2. The Balaban J connectivity index is 1.53. The predicted molar refractivity (Wildman–Crippen MR) is 87.4 cm³/mol. The van der Waals surface area contributed by atoms with Crippen molar-refractivity contribution in [2.45, 2.75) is 18.4 Å². The van der Waals surface area contributed by atoms with Crippen molar-refractivity contribution in [1.29, 1.82) is 0 Å². The van der Waals surface area contributed by atoms with Crippen molar-refractivity contribution in [2.24, 2.45) is 0 Å². The Morgan fingerprint density at radius 3 is 2.74 bits per heavy atom. The maximum Gasteiger partial charge on any atom is 0.321 e. The summed E-state index contributed by atoms with van der Waals surface area (Å²) in [7, 11) is 0. The molecule has 1 aliphatic rings. The van der Waals surface area contributed by atoms with E-state index in [4.69, 9.17) is 4.74 Å². The number of hydrogen-bond acceptors (Lipinski definition) is 6. The van der Waals surface area contributed by atoms with Crippen LogP contribution in [-0.2, 0) is 4.74 Å². The maximum absolute atomic E-state index is 11.9. The summed E-state index contributed by atoms with van der Waals surface area (Å²) >= 11 is 1.30. The number of anilines is 1. The number of aromatic nitrogens is 2. The molecule has 2 amide bonds. The fourth-order valence-corrected chi connectivity index (χ4v) is 3.03. The number of benzene rings is 1. The molecule has 1 aromatic carbocycles. The number of urea groups is 1. The molecule has 2 heterocycles. The van der Waals surface area contributed by atoms with Crippen molar-refractivity contribution >= 4 is 22.5 Å². The molecule has 1 aromatic heterocycles. The van der Waals surface area contributed by atoms with Gasteiger partial charge in [-0.1, -0.05) is 41.7 Å². The molecule has 0 saturated carbocycles. The lowest BCUT2D eigenvalue weighted by Crippen LogP contribution is -2.47. The van der Waals surface area contributed by atoms with Gasteiger partial charge in [0.15, 0.2) is 0 Å². The minimum absolute atomic E-state index is 0.187. The highest BCUT2D eigenvalue weighted by molar-refractivity contribution is 7.18. The third kappa shape index (κ3) is 4.25. The minimum Gasteiger partial charge on any atom is -0.388 e. The van der Waals surface area contributed by atoms with Crippen LogP contribution in [0.25, 0.3) is 10.6 Å². The molecule has 122 valence electrons. The Labute approximate surface area is 137 Å². The molecule has 0 unspecified atom stereocenters. The van der Waals surface area contributed by atoms with Gasteiger partial charge in [0.2, 0.25) is 5.13 Å². The number of nitrogens with zero attached hydrogens (tertiary/aromatic N) is 2. The van der Waals surface area contributed by atoms with Crippen LogP contribution in [0.15, 0.2) is 30.3 Å². The van der Waals surface area contributed by atoms with Crippen LogP contribution < -0.4 is 10.6 Å². The van der Waals surface area contributed by atoms with Gasteiger partial charge in [-0.3, -0.25) is 5.32 Å². The van der Waals surface area contributed by atoms with Gasteiger partial charge in [0.05, 0.1) is 5.60 Å². The third-order valence-electron chi connectivity index (χ3n) is 3.67. The van der Waals surface area contributed by atoms with Gasteiger partial charge in [-0.15, -0.1) is 10.2 Å². The fourth-order valence-electron chi connectivity index (χ4n) is 2.29. The number of nitrogens with one attached hydrogen (secondary N) is 2. The number of rotatable bonds is 4. The molecule has 0 bridgehead atoms. The molecule has 8 heteroatoms. The zero-order valence-corrected chi connectivity index (χ0v) is 13.3. The molecule has 0 atom stereocenters. The smallest absolute Gasteiger partial charge is 0.321 e. The first-order chi connectivity index (χ1) is 11.1. The Morgan fingerprint density at radius 1 is 1.26 bits per heavy atom. The first-order valence-corrected chi connectivity index (χ1v) is 8.20. The van der Waals surface area contributed by atoms with Crippen LogP contribution in [0.5, 0.6) is 0 Å². The molecule has 1 fully saturated rings. The van der Waals surface area contributed by atoms with Crippen molar-refractivity contribution in [2.75, 3.05) is 25.1 Å².